The minimum Gasteiger partial charge on any atom is -0.481 e. The number of rotatable bonds is 4. The lowest BCUT2D eigenvalue weighted by Gasteiger charge is -2.39. The van der Waals surface area contributed by atoms with Gasteiger partial charge in [-0.1, -0.05) is 30.3 Å². The van der Waals surface area contributed by atoms with Gasteiger partial charge < -0.3 is 14.4 Å². The zero-order valence-corrected chi connectivity index (χ0v) is 15.3. The number of benzene rings is 1. The summed E-state index contributed by atoms with van der Waals surface area (Å²) in [6.45, 7) is 0.775. The fraction of sp³-hybridized carbons (Fsp3) is 0.250. The largest absolute Gasteiger partial charge is 0.481 e. The standard InChI is InChI=1S/C20H18N2O4S/c23-18(16-13-27-17(21-16)14-6-11-26-12-14)22-9-7-20(8-10-22,19(24)25)15-4-2-1-3-5-15/h1-6,11-13H,7-10H2,(H,24,25). The van der Waals surface area contributed by atoms with Gasteiger partial charge in [0.05, 0.1) is 11.7 Å². The SMILES string of the molecule is O=C(c1csc(-c2ccoc2)n1)N1CCC(C(=O)O)(c2ccccc2)CC1. The van der Waals surface area contributed by atoms with Crippen LogP contribution in [-0.2, 0) is 10.2 Å². The number of carboxylic acids is 1. The molecule has 1 saturated heterocycles. The van der Waals surface area contributed by atoms with E-state index in [0.29, 0.717) is 31.6 Å². The van der Waals surface area contributed by atoms with Crippen LogP contribution in [0.1, 0.15) is 28.9 Å². The number of furan rings is 1. The molecule has 6 nitrogen and oxygen atoms in total. The average Bonchev–Trinajstić information content (AvgIpc) is 3.39. The summed E-state index contributed by atoms with van der Waals surface area (Å²) < 4.78 is 5.06. The van der Waals surface area contributed by atoms with Gasteiger partial charge in [-0.15, -0.1) is 11.3 Å². The van der Waals surface area contributed by atoms with Crippen molar-refractivity contribution in [2.45, 2.75) is 18.3 Å². The van der Waals surface area contributed by atoms with E-state index < -0.39 is 11.4 Å². The van der Waals surface area contributed by atoms with Gasteiger partial charge in [0.15, 0.2) is 0 Å². The van der Waals surface area contributed by atoms with Crippen molar-refractivity contribution in [3.05, 3.63) is 65.6 Å². The molecule has 0 saturated carbocycles. The van der Waals surface area contributed by atoms with Crippen molar-refractivity contribution in [1.82, 2.24) is 9.88 Å². The van der Waals surface area contributed by atoms with Gasteiger partial charge in [-0.3, -0.25) is 9.59 Å². The molecule has 4 rings (SSSR count). The number of piperidine rings is 1. The highest BCUT2D eigenvalue weighted by Crippen LogP contribution is 2.36. The molecule has 1 aliphatic heterocycles. The molecule has 1 aromatic carbocycles. The van der Waals surface area contributed by atoms with E-state index in [1.807, 2.05) is 30.3 Å². The summed E-state index contributed by atoms with van der Waals surface area (Å²) in [6, 6.07) is 11.1. The maximum absolute atomic E-state index is 12.8. The first-order valence-corrected chi connectivity index (χ1v) is 9.54. The number of hydrogen-bond acceptors (Lipinski definition) is 5. The second-order valence-corrected chi connectivity index (χ2v) is 7.45. The Kier molecular flexibility index (Phi) is 4.53. The fourth-order valence-corrected chi connectivity index (χ4v) is 4.31. The van der Waals surface area contributed by atoms with E-state index in [-0.39, 0.29) is 5.91 Å². The van der Waals surface area contributed by atoms with Crippen LogP contribution in [0.2, 0.25) is 0 Å². The number of carbonyl (C=O) groups excluding carboxylic acids is 1. The number of carbonyl (C=O) groups is 2. The molecule has 0 spiro atoms. The molecule has 0 unspecified atom stereocenters. The lowest BCUT2D eigenvalue weighted by atomic mass is 9.73. The molecule has 3 aromatic rings. The van der Waals surface area contributed by atoms with Crippen molar-refractivity contribution in [2.24, 2.45) is 0 Å². The molecule has 7 heteroatoms. The van der Waals surface area contributed by atoms with Crippen LogP contribution in [-0.4, -0.2) is 40.0 Å². The van der Waals surface area contributed by atoms with Crippen molar-refractivity contribution in [1.29, 1.82) is 0 Å². The normalized spacial score (nSPS) is 16.2. The number of carboxylic acid groups (broad SMARTS) is 1. The lowest BCUT2D eigenvalue weighted by Crippen LogP contribution is -2.49. The Hall–Kier alpha value is -2.93. The summed E-state index contributed by atoms with van der Waals surface area (Å²) in [7, 11) is 0. The number of aromatic nitrogens is 1. The van der Waals surface area contributed by atoms with Crippen LogP contribution in [0.3, 0.4) is 0 Å². The first-order valence-electron chi connectivity index (χ1n) is 8.66. The number of hydrogen-bond donors (Lipinski definition) is 1. The van der Waals surface area contributed by atoms with Gasteiger partial charge in [-0.25, -0.2) is 4.98 Å². The van der Waals surface area contributed by atoms with Crippen molar-refractivity contribution in [3.8, 4) is 10.6 Å². The molecule has 1 aliphatic rings. The van der Waals surface area contributed by atoms with E-state index in [2.05, 4.69) is 4.98 Å². The molecule has 138 valence electrons. The van der Waals surface area contributed by atoms with E-state index in [0.717, 1.165) is 16.1 Å². The van der Waals surface area contributed by atoms with Gasteiger partial charge in [-0.2, -0.15) is 0 Å². The van der Waals surface area contributed by atoms with E-state index in [4.69, 9.17) is 4.42 Å². The smallest absolute Gasteiger partial charge is 0.314 e. The predicted molar refractivity (Wildman–Crippen MR) is 101 cm³/mol. The number of likely N-dealkylation sites (tertiary alicyclic amines) is 1. The second-order valence-electron chi connectivity index (χ2n) is 6.60. The lowest BCUT2D eigenvalue weighted by molar-refractivity contribution is -0.145. The van der Waals surface area contributed by atoms with E-state index in [9.17, 15) is 14.7 Å². The second kappa shape index (κ2) is 7.00. The topological polar surface area (TPSA) is 83.6 Å². The Balaban J connectivity index is 1.50. The van der Waals surface area contributed by atoms with Gasteiger partial charge in [0.2, 0.25) is 0 Å². The summed E-state index contributed by atoms with van der Waals surface area (Å²) in [5.41, 5.74) is 1.08. The minimum atomic E-state index is -0.942. The molecule has 27 heavy (non-hydrogen) atoms. The zero-order chi connectivity index (χ0) is 18.9. The Morgan fingerprint density at radius 2 is 1.89 bits per heavy atom. The van der Waals surface area contributed by atoms with Gasteiger partial charge in [0.1, 0.15) is 17.0 Å². The molecule has 0 atom stereocenters. The van der Waals surface area contributed by atoms with Gasteiger partial charge in [0.25, 0.3) is 5.91 Å². The summed E-state index contributed by atoms with van der Waals surface area (Å²) in [4.78, 5) is 30.9. The third-order valence-electron chi connectivity index (χ3n) is 5.13. The quantitative estimate of drug-likeness (QED) is 0.744. The van der Waals surface area contributed by atoms with Crippen LogP contribution in [0.4, 0.5) is 0 Å². The molecular formula is C20H18N2O4S. The summed E-state index contributed by atoms with van der Waals surface area (Å²) in [6.07, 6.45) is 3.93. The molecule has 0 aliphatic carbocycles. The fourth-order valence-electron chi connectivity index (χ4n) is 3.53. The Bertz CT molecular complexity index is 942. The van der Waals surface area contributed by atoms with E-state index in [1.165, 1.54) is 11.3 Å². The van der Waals surface area contributed by atoms with Gasteiger partial charge in [-0.05, 0) is 24.5 Å². The zero-order valence-electron chi connectivity index (χ0n) is 14.5. The number of aliphatic carboxylic acids is 1. The first-order chi connectivity index (χ1) is 13.1. The van der Waals surface area contributed by atoms with Crippen LogP contribution >= 0.6 is 11.3 Å². The van der Waals surface area contributed by atoms with Crippen LogP contribution in [0.15, 0.2) is 58.7 Å². The molecule has 0 bridgehead atoms. The van der Waals surface area contributed by atoms with Crippen LogP contribution in [0.5, 0.6) is 0 Å². The number of nitrogens with zero attached hydrogens (tertiary/aromatic N) is 2. The van der Waals surface area contributed by atoms with Crippen molar-refractivity contribution < 1.29 is 19.1 Å². The molecule has 3 heterocycles. The molecule has 0 radical (unpaired) electrons. The highest BCUT2D eigenvalue weighted by atomic mass is 32.1. The van der Waals surface area contributed by atoms with E-state index >= 15 is 0 Å². The molecule has 1 amide bonds. The average molecular weight is 382 g/mol. The maximum atomic E-state index is 12.8. The van der Waals surface area contributed by atoms with Crippen LogP contribution in [0, 0.1) is 0 Å². The maximum Gasteiger partial charge on any atom is 0.314 e. The van der Waals surface area contributed by atoms with Crippen molar-refractivity contribution in [2.75, 3.05) is 13.1 Å². The van der Waals surface area contributed by atoms with Crippen molar-refractivity contribution in [3.63, 3.8) is 0 Å². The van der Waals surface area contributed by atoms with Gasteiger partial charge >= 0.3 is 5.97 Å². The van der Waals surface area contributed by atoms with Crippen LogP contribution in [0.25, 0.3) is 10.6 Å². The Morgan fingerprint density at radius 3 is 2.52 bits per heavy atom. The van der Waals surface area contributed by atoms with Gasteiger partial charge in [0, 0.05) is 24.0 Å². The summed E-state index contributed by atoms with van der Waals surface area (Å²) in [5.74, 6) is -0.996. The third kappa shape index (κ3) is 3.14. The Morgan fingerprint density at radius 1 is 1.15 bits per heavy atom. The monoisotopic (exact) mass is 382 g/mol. The molecule has 1 fully saturated rings. The first kappa shape index (κ1) is 17.5. The van der Waals surface area contributed by atoms with Crippen molar-refractivity contribution >= 4 is 23.2 Å². The number of thiazole rings is 1. The predicted octanol–water partition coefficient (Wildman–Crippen LogP) is 3.66. The highest BCUT2D eigenvalue weighted by Gasteiger charge is 2.44. The molecular weight excluding hydrogens is 364 g/mol. The number of amides is 1. The molecule has 2 aromatic heterocycles. The minimum absolute atomic E-state index is 0.159. The molecule has 1 N–H and O–H groups in total. The summed E-state index contributed by atoms with van der Waals surface area (Å²) >= 11 is 1.39. The van der Waals surface area contributed by atoms with Crippen LogP contribution < -0.4 is 0 Å². The summed E-state index contributed by atoms with van der Waals surface area (Å²) in [5, 5.41) is 12.3. The highest BCUT2D eigenvalue weighted by molar-refractivity contribution is 7.13. The van der Waals surface area contributed by atoms with E-state index in [1.54, 1.807) is 28.9 Å². The Labute approximate surface area is 160 Å². The third-order valence-corrected chi connectivity index (χ3v) is 6.02.